The van der Waals surface area contributed by atoms with Gasteiger partial charge >= 0.3 is 6.18 Å². The summed E-state index contributed by atoms with van der Waals surface area (Å²) in [7, 11) is 3.79. The fraction of sp³-hybridized carbons (Fsp3) is 0.300. The topological polar surface area (TPSA) is 82.2 Å². The first-order chi connectivity index (χ1) is 19.1. The highest BCUT2D eigenvalue weighted by atomic mass is 19.4. The monoisotopic (exact) mass is 548 g/mol. The van der Waals surface area contributed by atoms with E-state index in [0.717, 1.165) is 65.7 Å². The Morgan fingerprint density at radius 1 is 1.02 bits per heavy atom. The number of halogens is 3. The van der Waals surface area contributed by atoms with Crippen LogP contribution in [0.15, 0.2) is 60.8 Å². The van der Waals surface area contributed by atoms with Crippen molar-refractivity contribution in [2.45, 2.75) is 32.0 Å². The van der Waals surface area contributed by atoms with Crippen molar-refractivity contribution in [1.29, 1.82) is 0 Å². The van der Waals surface area contributed by atoms with Crippen molar-refractivity contribution in [3.63, 3.8) is 0 Å². The summed E-state index contributed by atoms with van der Waals surface area (Å²) in [6.45, 7) is 3.72. The highest BCUT2D eigenvalue weighted by Crippen LogP contribution is 2.34. The van der Waals surface area contributed by atoms with E-state index in [1.807, 2.05) is 44.3 Å². The number of amides is 1. The molecule has 1 saturated heterocycles. The molecule has 0 saturated carbocycles. The van der Waals surface area contributed by atoms with E-state index in [9.17, 15) is 18.0 Å². The number of hydrogen-bond donors (Lipinski definition) is 3. The van der Waals surface area contributed by atoms with E-state index in [4.69, 9.17) is 0 Å². The number of nitrogens with one attached hydrogen (secondary N) is 3. The van der Waals surface area contributed by atoms with Crippen LogP contribution in [0.4, 0.5) is 30.5 Å². The molecule has 7 nitrogen and oxygen atoms in total. The van der Waals surface area contributed by atoms with Gasteiger partial charge in [-0.05, 0) is 99.1 Å². The maximum Gasteiger partial charge on any atom is 0.416 e. The molecule has 3 aromatic carbocycles. The Bertz CT molecular complexity index is 1550. The van der Waals surface area contributed by atoms with Gasteiger partial charge in [-0.15, -0.1) is 0 Å². The lowest BCUT2D eigenvalue weighted by atomic mass is 9.98. The molecule has 0 unspecified atom stereocenters. The molecule has 2 heterocycles. The van der Waals surface area contributed by atoms with Crippen LogP contribution in [-0.2, 0) is 6.18 Å². The Morgan fingerprint density at radius 2 is 1.80 bits per heavy atom. The summed E-state index contributed by atoms with van der Waals surface area (Å²) in [6, 6.07) is 14.6. The van der Waals surface area contributed by atoms with Crippen LogP contribution in [0.25, 0.3) is 22.0 Å². The Kier molecular flexibility index (Phi) is 7.62. The molecule has 1 amide bonds. The number of rotatable bonds is 6. The van der Waals surface area contributed by atoms with Gasteiger partial charge in [-0.25, -0.2) is 9.97 Å². The Morgan fingerprint density at radius 3 is 2.52 bits per heavy atom. The second-order valence-electron chi connectivity index (χ2n) is 10.2. The van der Waals surface area contributed by atoms with Crippen LogP contribution in [0.3, 0.4) is 0 Å². The number of carbonyl (C=O) groups excluding carboxylic acids is 1. The number of likely N-dealkylation sites (tertiary alicyclic amines) is 1. The summed E-state index contributed by atoms with van der Waals surface area (Å²) in [5.74, 6) is -0.0803. The lowest BCUT2D eigenvalue weighted by Gasteiger charge is -2.30. The fourth-order valence-electron chi connectivity index (χ4n) is 4.94. The average molecular weight is 549 g/mol. The summed E-state index contributed by atoms with van der Waals surface area (Å²) in [6.07, 6.45) is -1.14. The van der Waals surface area contributed by atoms with Crippen LogP contribution < -0.4 is 16.0 Å². The van der Waals surface area contributed by atoms with E-state index < -0.39 is 17.6 Å². The number of aromatic nitrogens is 2. The van der Waals surface area contributed by atoms with Crippen LogP contribution in [0.1, 0.15) is 34.3 Å². The van der Waals surface area contributed by atoms with Crippen molar-refractivity contribution < 1.29 is 18.0 Å². The van der Waals surface area contributed by atoms with Gasteiger partial charge in [0.05, 0.1) is 16.6 Å². The molecule has 5 rings (SSSR count). The summed E-state index contributed by atoms with van der Waals surface area (Å²) < 4.78 is 40.7. The van der Waals surface area contributed by atoms with Crippen LogP contribution in [0, 0.1) is 6.92 Å². The number of anilines is 3. The predicted octanol–water partition coefficient (Wildman–Crippen LogP) is 6.42. The Hall–Kier alpha value is -4.18. The molecule has 3 N–H and O–H groups in total. The molecule has 1 aliphatic heterocycles. The van der Waals surface area contributed by atoms with Gasteiger partial charge in [-0.1, -0.05) is 12.1 Å². The van der Waals surface area contributed by atoms with E-state index in [-0.39, 0.29) is 11.6 Å². The van der Waals surface area contributed by atoms with Crippen molar-refractivity contribution in [2.75, 3.05) is 43.1 Å². The second-order valence-corrected chi connectivity index (χ2v) is 10.2. The van der Waals surface area contributed by atoms with Gasteiger partial charge in [0.2, 0.25) is 5.95 Å². The van der Waals surface area contributed by atoms with Crippen molar-refractivity contribution in [2.24, 2.45) is 0 Å². The molecule has 0 atom stereocenters. The molecule has 10 heteroatoms. The number of carbonyl (C=O) groups is 1. The van der Waals surface area contributed by atoms with Gasteiger partial charge in [0.15, 0.2) is 0 Å². The number of aryl methyl sites for hydroxylation is 1. The third kappa shape index (κ3) is 6.02. The number of nitrogens with zero attached hydrogens (tertiary/aromatic N) is 3. The zero-order chi connectivity index (χ0) is 28.4. The highest BCUT2D eigenvalue weighted by molar-refractivity contribution is 6.08. The standard InChI is InChI=1S/C30H31F3N6O/c1-18-4-7-23(16-24(18)19-5-8-26-20(14-19)17-35-29(34-2)38-26)37-28(40)25-15-21(30(31,32)33)6-9-27(25)36-22-10-12-39(3)13-11-22/h4-9,14-17,22,36H,10-13H2,1-3H3,(H,37,40)(H,34,35,38). The minimum Gasteiger partial charge on any atom is -0.382 e. The smallest absolute Gasteiger partial charge is 0.382 e. The highest BCUT2D eigenvalue weighted by Gasteiger charge is 2.32. The first kappa shape index (κ1) is 27.4. The zero-order valence-corrected chi connectivity index (χ0v) is 22.6. The normalized spacial score (nSPS) is 14.8. The summed E-state index contributed by atoms with van der Waals surface area (Å²) in [4.78, 5) is 24.4. The molecule has 0 bridgehead atoms. The molecule has 40 heavy (non-hydrogen) atoms. The van der Waals surface area contributed by atoms with Crippen molar-refractivity contribution in [3.8, 4) is 11.1 Å². The van der Waals surface area contributed by atoms with Gasteiger partial charge in [0.25, 0.3) is 5.91 Å². The van der Waals surface area contributed by atoms with Crippen molar-refractivity contribution in [3.05, 3.63) is 77.5 Å². The Balaban J connectivity index is 1.43. The molecule has 1 aromatic heterocycles. The van der Waals surface area contributed by atoms with Crippen LogP contribution >= 0.6 is 0 Å². The summed E-state index contributed by atoms with van der Waals surface area (Å²) in [5.41, 5.74) is 3.53. The minimum atomic E-state index is -4.56. The Labute approximate surface area is 230 Å². The van der Waals surface area contributed by atoms with Crippen molar-refractivity contribution in [1.82, 2.24) is 14.9 Å². The van der Waals surface area contributed by atoms with Gasteiger partial charge < -0.3 is 20.9 Å². The second kappa shape index (κ2) is 11.1. The molecule has 1 fully saturated rings. The fourth-order valence-corrected chi connectivity index (χ4v) is 4.94. The summed E-state index contributed by atoms with van der Waals surface area (Å²) >= 11 is 0. The third-order valence-electron chi connectivity index (χ3n) is 7.28. The quantitative estimate of drug-likeness (QED) is 0.258. The predicted molar refractivity (Wildman–Crippen MR) is 153 cm³/mol. The van der Waals surface area contributed by atoms with E-state index in [1.165, 1.54) is 6.07 Å². The number of hydrogen-bond acceptors (Lipinski definition) is 6. The van der Waals surface area contributed by atoms with Crippen LogP contribution in [0.5, 0.6) is 0 Å². The lowest BCUT2D eigenvalue weighted by Crippen LogP contribution is -2.37. The SMILES string of the molecule is CNc1ncc2cc(-c3cc(NC(=O)c4cc(C(F)(F)F)ccc4NC4CCN(C)CC4)ccc3C)ccc2n1. The minimum absolute atomic E-state index is 0.0425. The molecular formula is C30H31F3N6O. The number of fused-ring (bicyclic) bond motifs is 1. The molecule has 0 radical (unpaired) electrons. The van der Waals surface area contributed by atoms with Gasteiger partial charge in [-0.2, -0.15) is 13.2 Å². The largest absolute Gasteiger partial charge is 0.416 e. The molecular weight excluding hydrogens is 517 g/mol. The maximum atomic E-state index is 13.6. The molecule has 0 aliphatic carbocycles. The van der Waals surface area contributed by atoms with E-state index in [1.54, 1.807) is 19.3 Å². The number of benzene rings is 3. The van der Waals surface area contributed by atoms with Crippen LogP contribution in [-0.4, -0.2) is 54.0 Å². The van der Waals surface area contributed by atoms with Crippen molar-refractivity contribution >= 4 is 34.1 Å². The maximum absolute atomic E-state index is 13.6. The number of piperidine rings is 1. The van der Waals surface area contributed by atoms with Gasteiger partial charge in [0.1, 0.15) is 0 Å². The molecule has 1 aliphatic rings. The third-order valence-corrected chi connectivity index (χ3v) is 7.28. The molecule has 0 spiro atoms. The summed E-state index contributed by atoms with van der Waals surface area (Å²) in [5, 5.41) is 9.92. The lowest BCUT2D eigenvalue weighted by molar-refractivity contribution is -0.137. The van der Waals surface area contributed by atoms with Crippen LogP contribution in [0.2, 0.25) is 0 Å². The van der Waals surface area contributed by atoms with E-state index in [2.05, 4.69) is 30.8 Å². The average Bonchev–Trinajstić information content (AvgIpc) is 2.94. The molecule has 4 aromatic rings. The first-order valence-corrected chi connectivity index (χ1v) is 13.1. The van der Waals surface area contributed by atoms with E-state index in [0.29, 0.717) is 17.3 Å². The van der Waals surface area contributed by atoms with E-state index >= 15 is 0 Å². The molecule has 208 valence electrons. The first-order valence-electron chi connectivity index (χ1n) is 13.1. The zero-order valence-electron chi connectivity index (χ0n) is 22.6. The number of alkyl halides is 3. The van der Waals surface area contributed by atoms with Gasteiger partial charge in [0, 0.05) is 36.0 Å². The van der Waals surface area contributed by atoms with Gasteiger partial charge in [-0.3, -0.25) is 4.79 Å².